The van der Waals surface area contributed by atoms with Crippen LogP contribution in [0.3, 0.4) is 0 Å². The van der Waals surface area contributed by atoms with Gasteiger partial charge >= 0.3 is 0 Å². The van der Waals surface area contributed by atoms with Gasteiger partial charge in [-0.1, -0.05) is 0 Å². The normalized spacial score (nSPS) is 29.7. The average Bonchev–Trinajstić information content (AvgIpc) is 2.70. The molecule has 1 saturated heterocycles. The zero-order chi connectivity index (χ0) is 12.8. The zero-order valence-electron chi connectivity index (χ0n) is 11.3. The highest BCUT2D eigenvalue weighted by atomic mass is 16.5. The molecule has 2 aliphatic rings. The zero-order valence-corrected chi connectivity index (χ0v) is 11.3. The Balaban J connectivity index is 1.96. The van der Waals surface area contributed by atoms with Gasteiger partial charge in [0.15, 0.2) is 0 Å². The van der Waals surface area contributed by atoms with Crippen molar-refractivity contribution in [1.82, 2.24) is 5.32 Å². The molecule has 2 aliphatic heterocycles. The molecule has 2 heterocycles. The molecule has 3 heteroatoms. The van der Waals surface area contributed by atoms with E-state index in [9.17, 15) is 0 Å². The third-order valence-electron chi connectivity index (χ3n) is 3.99. The summed E-state index contributed by atoms with van der Waals surface area (Å²) in [6, 6.07) is 6.21. The summed E-state index contributed by atoms with van der Waals surface area (Å²) in [4.78, 5) is 0. The van der Waals surface area contributed by atoms with Crippen LogP contribution in [-0.2, 0) is 0 Å². The Morgan fingerprint density at radius 1 is 1.44 bits per heavy atom. The molecular formula is C15H21NO2. The summed E-state index contributed by atoms with van der Waals surface area (Å²) < 4.78 is 11.7. The number of ether oxygens (including phenoxy) is 2. The Labute approximate surface area is 108 Å². The van der Waals surface area contributed by atoms with Crippen LogP contribution in [0, 0.1) is 0 Å². The van der Waals surface area contributed by atoms with Crippen molar-refractivity contribution in [2.45, 2.75) is 44.8 Å². The van der Waals surface area contributed by atoms with Crippen LogP contribution in [0.15, 0.2) is 18.2 Å². The lowest BCUT2D eigenvalue weighted by Gasteiger charge is -2.37. The van der Waals surface area contributed by atoms with Crippen molar-refractivity contribution in [2.24, 2.45) is 0 Å². The van der Waals surface area contributed by atoms with Crippen molar-refractivity contribution in [3.8, 4) is 11.5 Å². The third-order valence-corrected chi connectivity index (χ3v) is 3.99. The number of fused-ring (bicyclic) bond motifs is 3. The van der Waals surface area contributed by atoms with Crippen LogP contribution in [0.1, 0.15) is 38.7 Å². The van der Waals surface area contributed by atoms with Crippen LogP contribution in [0.25, 0.3) is 0 Å². The van der Waals surface area contributed by atoms with E-state index in [1.165, 1.54) is 12.0 Å². The number of rotatable bonds is 2. The highest BCUT2D eigenvalue weighted by Crippen LogP contribution is 2.45. The molecule has 0 unspecified atom stereocenters. The van der Waals surface area contributed by atoms with Crippen molar-refractivity contribution in [1.29, 1.82) is 0 Å². The van der Waals surface area contributed by atoms with Gasteiger partial charge in [0.2, 0.25) is 0 Å². The lowest BCUT2D eigenvalue weighted by molar-refractivity contribution is 0.169. The Hall–Kier alpha value is -1.22. The highest BCUT2D eigenvalue weighted by Gasteiger charge is 2.44. The predicted octanol–water partition coefficient (Wildman–Crippen LogP) is 2.70. The first kappa shape index (κ1) is 11.8. The summed E-state index contributed by atoms with van der Waals surface area (Å²) in [6.45, 7) is 8.19. The minimum absolute atomic E-state index is 0.0868. The summed E-state index contributed by atoms with van der Waals surface area (Å²) in [7, 11) is 0. The maximum atomic E-state index is 5.88. The maximum Gasteiger partial charge on any atom is 0.123 e. The van der Waals surface area contributed by atoms with Crippen molar-refractivity contribution < 1.29 is 9.47 Å². The number of benzene rings is 1. The van der Waals surface area contributed by atoms with Gasteiger partial charge in [0.25, 0.3) is 0 Å². The van der Waals surface area contributed by atoms with Crippen LogP contribution < -0.4 is 14.8 Å². The van der Waals surface area contributed by atoms with E-state index in [-0.39, 0.29) is 11.6 Å². The quantitative estimate of drug-likeness (QED) is 0.871. The Morgan fingerprint density at radius 3 is 3.06 bits per heavy atom. The molecule has 1 aromatic carbocycles. The molecule has 0 amide bonds. The van der Waals surface area contributed by atoms with Crippen molar-refractivity contribution in [3.63, 3.8) is 0 Å². The van der Waals surface area contributed by atoms with E-state index in [1.54, 1.807) is 0 Å². The molecule has 0 bridgehead atoms. The standard InChI is InChI=1S/C15H21NO2/c1-10(2)18-11-4-5-14-12(8-11)13-6-7-16-15(13,3)9-17-14/h4-5,8,10,13,16H,6-7,9H2,1-3H3/t13-,15+/m0/s1. The second-order valence-corrected chi connectivity index (χ2v) is 5.84. The SMILES string of the molecule is CC(C)Oc1ccc2c(c1)[C@@H]1CCN[C@]1(C)CO2. The van der Waals surface area contributed by atoms with Crippen molar-refractivity contribution in [3.05, 3.63) is 23.8 Å². The van der Waals surface area contributed by atoms with E-state index >= 15 is 0 Å². The van der Waals surface area contributed by atoms with Gasteiger partial charge in [0.05, 0.1) is 11.6 Å². The van der Waals surface area contributed by atoms with E-state index in [1.807, 2.05) is 12.1 Å². The fourth-order valence-electron chi connectivity index (χ4n) is 3.10. The first-order chi connectivity index (χ1) is 8.58. The third kappa shape index (κ3) is 1.87. The number of hydrogen-bond donors (Lipinski definition) is 1. The van der Waals surface area contributed by atoms with Gasteiger partial charge in [-0.3, -0.25) is 0 Å². The van der Waals surface area contributed by atoms with Crippen molar-refractivity contribution in [2.75, 3.05) is 13.2 Å². The van der Waals surface area contributed by atoms with Gasteiger partial charge in [-0.2, -0.15) is 0 Å². The van der Waals surface area contributed by atoms with Crippen LogP contribution in [0.2, 0.25) is 0 Å². The lowest BCUT2D eigenvalue weighted by Crippen LogP contribution is -2.48. The van der Waals surface area contributed by atoms with E-state index in [4.69, 9.17) is 9.47 Å². The summed E-state index contributed by atoms with van der Waals surface area (Å²) in [5.74, 6) is 2.51. The fourth-order valence-corrected chi connectivity index (χ4v) is 3.10. The minimum atomic E-state index is 0.0868. The molecule has 0 aromatic heterocycles. The minimum Gasteiger partial charge on any atom is -0.491 e. The van der Waals surface area contributed by atoms with Gasteiger partial charge < -0.3 is 14.8 Å². The molecule has 98 valence electrons. The number of hydrogen-bond acceptors (Lipinski definition) is 3. The summed E-state index contributed by atoms with van der Waals surface area (Å²) in [5.41, 5.74) is 1.38. The predicted molar refractivity (Wildman–Crippen MR) is 71.5 cm³/mol. The summed E-state index contributed by atoms with van der Waals surface area (Å²) in [5, 5.41) is 3.57. The molecule has 0 spiro atoms. The van der Waals surface area contributed by atoms with Gasteiger partial charge in [0.1, 0.15) is 18.1 Å². The van der Waals surface area contributed by atoms with E-state index < -0.39 is 0 Å². The van der Waals surface area contributed by atoms with Crippen LogP contribution in [0.4, 0.5) is 0 Å². The monoisotopic (exact) mass is 247 g/mol. The number of nitrogens with one attached hydrogen (secondary N) is 1. The lowest BCUT2D eigenvalue weighted by atomic mass is 9.80. The molecule has 2 atom stereocenters. The average molecular weight is 247 g/mol. The van der Waals surface area contributed by atoms with E-state index in [2.05, 4.69) is 32.2 Å². The summed E-state index contributed by atoms with van der Waals surface area (Å²) >= 11 is 0. The smallest absolute Gasteiger partial charge is 0.123 e. The molecule has 0 aliphatic carbocycles. The molecule has 0 radical (unpaired) electrons. The molecule has 1 fully saturated rings. The van der Waals surface area contributed by atoms with Gasteiger partial charge in [-0.05, 0) is 51.9 Å². The molecule has 3 rings (SSSR count). The first-order valence-electron chi connectivity index (χ1n) is 6.77. The first-order valence-corrected chi connectivity index (χ1v) is 6.77. The van der Waals surface area contributed by atoms with Gasteiger partial charge in [-0.15, -0.1) is 0 Å². The molecule has 1 aromatic rings. The van der Waals surface area contributed by atoms with Gasteiger partial charge in [-0.25, -0.2) is 0 Å². The molecule has 1 N–H and O–H groups in total. The Kier molecular flexibility index (Phi) is 2.74. The second-order valence-electron chi connectivity index (χ2n) is 5.84. The molecule has 18 heavy (non-hydrogen) atoms. The molecular weight excluding hydrogens is 226 g/mol. The molecule has 3 nitrogen and oxygen atoms in total. The fraction of sp³-hybridized carbons (Fsp3) is 0.600. The maximum absolute atomic E-state index is 5.88. The largest absolute Gasteiger partial charge is 0.491 e. The van der Waals surface area contributed by atoms with Crippen LogP contribution >= 0.6 is 0 Å². The topological polar surface area (TPSA) is 30.5 Å². The Bertz CT molecular complexity index is 458. The van der Waals surface area contributed by atoms with Gasteiger partial charge in [0, 0.05) is 11.5 Å². The van der Waals surface area contributed by atoms with Crippen molar-refractivity contribution >= 4 is 0 Å². The van der Waals surface area contributed by atoms with E-state index in [0.717, 1.165) is 24.7 Å². The highest BCUT2D eigenvalue weighted by molar-refractivity contribution is 5.46. The molecule has 0 saturated carbocycles. The van der Waals surface area contributed by atoms with Crippen LogP contribution in [0.5, 0.6) is 11.5 Å². The Morgan fingerprint density at radius 2 is 2.28 bits per heavy atom. The van der Waals surface area contributed by atoms with E-state index in [0.29, 0.717) is 5.92 Å². The summed E-state index contributed by atoms with van der Waals surface area (Å²) in [6.07, 6.45) is 1.39. The second kappa shape index (κ2) is 4.16. The van der Waals surface area contributed by atoms with Crippen LogP contribution in [-0.4, -0.2) is 24.8 Å².